The van der Waals surface area contributed by atoms with Crippen molar-refractivity contribution in [3.8, 4) is 11.5 Å². The van der Waals surface area contributed by atoms with Gasteiger partial charge in [-0.25, -0.2) is 0 Å². The Kier molecular flexibility index (Phi) is 4.50. The Morgan fingerprint density at radius 1 is 1.30 bits per heavy atom. The van der Waals surface area contributed by atoms with E-state index < -0.39 is 0 Å². The highest BCUT2D eigenvalue weighted by molar-refractivity contribution is 5.88. The van der Waals surface area contributed by atoms with Crippen LogP contribution in [0.25, 0.3) is 11.5 Å². The summed E-state index contributed by atoms with van der Waals surface area (Å²) in [7, 11) is 0. The molecule has 0 saturated heterocycles. The van der Waals surface area contributed by atoms with Crippen LogP contribution < -0.4 is 5.32 Å². The third-order valence-electron chi connectivity index (χ3n) is 3.04. The first-order valence-electron chi connectivity index (χ1n) is 6.81. The maximum absolute atomic E-state index is 11.6. The number of nitrogens with zero attached hydrogens (tertiary/aromatic N) is 2. The minimum atomic E-state index is -0.0947. The number of unbranched alkanes of at least 4 members (excludes halogenated alkanes) is 1. The molecule has 0 spiro atoms. The largest absolute Gasteiger partial charge is 0.403 e. The molecule has 1 aromatic heterocycles. The van der Waals surface area contributed by atoms with Crippen molar-refractivity contribution in [3.63, 3.8) is 0 Å². The maximum Gasteiger partial charge on any atom is 0.322 e. The minimum absolute atomic E-state index is 0.0947. The van der Waals surface area contributed by atoms with Gasteiger partial charge in [-0.1, -0.05) is 36.1 Å². The molecule has 2 aromatic rings. The average Bonchev–Trinajstić information content (AvgIpc) is 2.84. The lowest BCUT2D eigenvalue weighted by Crippen LogP contribution is -2.11. The van der Waals surface area contributed by atoms with Crippen LogP contribution in [-0.2, 0) is 4.79 Å². The molecule has 0 aliphatic rings. The van der Waals surface area contributed by atoms with Crippen LogP contribution in [0, 0.1) is 13.8 Å². The van der Waals surface area contributed by atoms with Gasteiger partial charge in [0.25, 0.3) is 0 Å². The summed E-state index contributed by atoms with van der Waals surface area (Å²) < 4.78 is 5.49. The summed E-state index contributed by atoms with van der Waals surface area (Å²) in [6, 6.07) is 6.15. The van der Waals surface area contributed by atoms with Crippen molar-refractivity contribution >= 4 is 11.9 Å². The number of hydrogen-bond acceptors (Lipinski definition) is 4. The Hall–Kier alpha value is -2.17. The van der Waals surface area contributed by atoms with Crippen LogP contribution in [0.5, 0.6) is 0 Å². The van der Waals surface area contributed by atoms with Gasteiger partial charge in [0, 0.05) is 12.0 Å². The fraction of sp³-hybridized carbons (Fsp3) is 0.400. The highest BCUT2D eigenvalue weighted by Crippen LogP contribution is 2.24. The lowest BCUT2D eigenvalue weighted by molar-refractivity contribution is -0.116. The van der Waals surface area contributed by atoms with Crippen LogP contribution >= 0.6 is 0 Å². The minimum Gasteiger partial charge on any atom is -0.403 e. The van der Waals surface area contributed by atoms with Gasteiger partial charge in [-0.2, -0.15) is 0 Å². The second-order valence-corrected chi connectivity index (χ2v) is 4.88. The van der Waals surface area contributed by atoms with Gasteiger partial charge >= 0.3 is 6.01 Å². The van der Waals surface area contributed by atoms with Gasteiger partial charge in [0.2, 0.25) is 11.8 Å². The molecule has 0 aliphatic carbocycles. The zero-order valence-electron chi connectivity index (χ0n) is 12.1. The molecule has 20 heavy (non-hydrogen) atoms. The van der Waals surface area contributed by atoms with Crippen molar-refractivity contribution in [2.24, 2.45) is 0 Å². The average molecular weight is 273 g/mol. The molecule has 1 aromatic carbocycles. The molecule has 5 nitrogen and oxygen atoms in total. The fourth-order valence-corrected chi connectivity index (χ4v) is 1.96. The number of benzene rings is 1. The van der Waals surface area contributed by atoms with E-state index in [0.29, 0.717) is 12.3 Å². The van der Waals surface area contributed by atoms with Crippen molar-refractivity contribution in [3.05, 3.63) is 29.3 Å². The third kappa shape index (κ3) is 3.44. The molecular weight excluding hydrogens is 254 g/mol. The van der Waals surface area contributed by atoms with Crippen LogP contribution in [0.1, 0.15) is 37.3 Å². The smallest absolute Gasteiger partial charge is 0.322 e. The second kappa shape index (κ2) is 6.32. The van der Waals surface area contributed by atoms with E-state index in [9.17, 15) is 4.79 Å². The summed E-state index contributed by atoms with van der Waals surface area (Å²) in [5.41, 5.74) is 3.13. The van der Waals surface area contributed by atoms with E-state index in [-0.39, 0.29) is 11.9 Å². The van der Waals surface area contributed by atoms with Crippen molar-refractivity contribution in [1.29, 1.82) is 0 Å². The number of carbonyl (C=O) groups excluding carboxylic acids is 1. The Bertz CT molecular complexity index is 605. The first kappa shape index (κ1) is 14.2. The van der Waals surface area contributed by atoms with Crippen LogP contribution in [0.4, 0.5) is 6.01 Å². The summed E-state index contributed by atoms with van der Waals surface area (Å²) in [4.78, 5) is 11.6. The summed E-state index contributed by atoms with van der Waals surface area (Å²) in [6.45, 7) is 6.06. The van der Waals surface area contributed by atoms with Crippen molar-refractivity contribution < 1.29 is 9.21 Å². The summed E-state index contributed by atoms with van der Waals surface area (Å²) >= 11 is 0. The van der Waals surface area contributed by atoms with E-state index in [4.69, 9.17) is 4.42 Å². The van der Waals surface area contributed by atoms with E-state index in [1.54, 1.807) is 0 Å². The Morgan fingerprint density at radius 2 is 2.10 bits per heavy atom. The van der Waals surface area contributed by atoms with Crippen molar-refractivity contribution in [2.45, 2.75) is 40.0 Å². The van der Waals surface area contributed by atoms with Crippen LogP contribution in [0.2, 0.25) is 0 Å². The van der Waals surface area contributed by atoms with E-state index >= 15 is 0 Å². The summed E-state index contributed by atoms with van der Waals surface area (Å²) in [5, 5.41) is 10.5. The second-order valence-electron chi connectivity index (χ2n) is 4.88. The number of aromatic nitrogens is 2. The zero-order valence-corrected chi connectivity index (χ0v) is 12.1. The molecule has 0 saturated carbocycles. The molecule has 0 unspecified atom stereocenters. The molecule has 0 bridgehead atoms. The molecule has 1 heterocycles. The molecule has 0 fully saturated rings. The van der Waals surface area contributed by atoms with Gasteiger partial charge in [0.1, 0.15) is 0 Å². The molecule has 1 N–H and O–H groups in total. The lowest BCUT2D eigenvalue weighted by atomic mass is 10.1. The monoisotopic (exact) mass is 273 g/mol. The molecule has 5 heteroatoms. The summed E-state index contributed by atoms with van der Waals surface area (Å²) in [6.07, 6.45) is 2.30. The van der Waals surface area contributed by atoms with Crippen molar-refractivity contribution in [2.75, 3.05) is 5.32 Å². The van der Waals surface area contributed by atoms with Crippen LogP contribution in [0.3, 0.4) is 0 Å². The molecular formula is C15H19N3O2. The van der Waals surface area contributed by atoms with E-state index in [1.165, 1.54) is 5.56 Å². The van der Waals surface area contributed by atoms with Gasteiger partial charge in [0.15, 0.2) is 0 Å². The summed E-state index contributed by atoms with van der Waals surface area (Å²) in [5.74, 6) is 0.330. The number of nitrogens with one attached hydrogen (secondary N) is 1. The predicted molar refractivity (Wildman–Crippen MR) is 77.4 cm³/mol. The van der Waals surface area contributed by atoms with Gasteiger partial charge in [-0.15, -0.1) is 5.10 Å². The van der Waals surface area contributed by atoms with Crippen LogP contribution in [0.15, 0.2) is 22.6 Å². The van der Waals surface area contributed by atoms with Gasteiger partial charge in [-0.05, 0) is 31.9 Å². The first-order chi connectivity index (χ1) is 9.60. The predicted octanol–water partition coefficient (Wildman–Crippen LogP) is 3.48. The zero-order chi connectivity index (χ0) is 14.5. The Labute approximate surface area is 118 Å². The molecule has 2 rings (SSSR count). The van der Waals surface area contributed by atoms with Crippen LogP contribution in [-0.4, -0.2) is 16.1 Å². The number of hydrogen-bond donors (Lipinski definition) is 1. The van der Waals surface area contributed by atoms with E-state index in [0.717, 1.165) is 24.0 Å². The molecule has 0 radical (unpaired) electrons. The van der Waals surface area contributed by atoms with Gasteiger partial charge in [0.05, 0.1) is 0 Å². The number of amides is 1. The molecule has 0 atom stereocenters. The van der Waals surface area contributed by atoms with Gasteiger partial charge in [-0.3, -0.25) is 10.1 Å². The van der Waals surface area contributed by atoms with E-state index in [2.05, 4.69) is 21.6 Å². The molecule has 0 aliphatic heterocycles. The fourth-order valence-electron chi connectivity index (χ4n) is 1.96. The highest BCUT2D eigenvalue weighted by atomic mass is 16.4. The normalized spacial score (nSPS) is 10.6. The third-order valence-corrected chi connectivity index (χ3v) is 3.04. The highest BCUT2D eigenvalue weighted by Gasteiger charge is 2.12. The number of aryl methyl sites for hydroxylation is 2. The standard InChI is InChI=1S/C15H19N3O2/c1-4-5-6-13(19)16-15-18-17-14(20-15)12-8-7-10(2)9-11(12)3/h7-9H,4-6H2,1-3H3,(H,16,18,19). The van der Waals surface area contributed by atoms with Gasteiger partial charge < -0.3 is 4.42 Å². The molecule has 106 valence electrons. The number of carbonyl (C=O) groups is 1. The Balaban J connectivity index is 2.10. The molecule has 1 amide bonds. The number of rotatable bonds is 5. The first-order valence-corrected chi connectivity index (χ1v) is 6.81. The SMILES string of the molecule is CCCCC(=O)Nc1nnc(-c2ccc(C)cc2C)o1. The maximum atomic E-state index is 11.6. The van der Waals surface area contributed by atoms with Crippen molar-refractivity contribution in [1.82, 2.24) is 10.2 Å². The number of anilines is 1. The Morgan fingerprint density at radius 3 is 2.80 bits per heavy atom. The quantitative estimate of drug-likeness (QED) is 0.905. The van der Waals surface area contributed by atoms with E-state index in [1.807, 2.05) is 32.9 Å². The topological polar surface area (TPSA) is 68.0 Å². The lowest BCUT2D eigenvalue weighted by Gasteiger charge is -2.02.